The zero-order valence-electron chi connectivity index (χ0n) is 27.6. The maximum atomic E-state index is 2.43. The van der Waals surface area contributed by atoms with Crippen molar-refractivity contribution in [2.75, 3.05) is 0 Å². The van der Waals surface area contributed by atoms with Gasteiger partial charge in [-0.05, 0) is 112 Å². The zero-order chi connectivity index (χ0) is 32.5. The van der Waals surface area contributed by atoms with E-state index >= 15 is 0 Å². The van der Waals surface area contributed by atoms with Gasteiger partial charge in [-0.15, -0.1) is 0 Å². The van der Waals surface area contributed by atoms with Crippen molar-refractivity contribution in [2.45, 2.75) is 26.7 Å². The first kappa shape index (κ1) is 29.7. The Hall–Kier alpha value is -5.72. The molecule has 48 heavy (non-hydrogen) atoms. The highest BCUT2D eigenvalue weighted by Crippen LogP contribution is 2.47. The first-order valence-corrected chi connectivity index (χ1v) is 17.2. The molecule has 0 saturated heterocycles. The van der Waals surface area contributed by atoms with E-state index in [9.17, 15) is 0 Å². The lowest BCUT2D eigenvalue weighted by Crippen LogP contribution is -1.93. The quantitative estimate of drug-likeness (QED) is 0.137. The average molecular weight is 615 g/mol. The summed E-state index contributed by atoms with van der Waals surface area (Å²) in [6.45, 7) is 4.36. The lowest BCUT2D eigenvalue weighted by atomic mass is 9.83. The molecule has 0 spiro atoms. The molecule has 0 fully saturated rings. The molecule has 0 atom stereocenters. The van der Waals surface area contributed by atoms with Crippen molar-refractivity contribution in [1.29, 1.82) is 0 Å². The maximum Gasteiger partial charge on any atom is -0.00197 e. The van der Waals surface area contributed by atoms with Gasteiger partial charge in [0.1, 0.15) is 0 Å². The second kappa shape index (κ2) is 12.8. The Labute approximate surface area is 282 Å². The highest BCUT2D eigenvalue weighted by atomic mass is 14.2. The van der Waals surface area contributed by atoms with E-state index in [2.05, 4.69) is 184 Å². The maximum absolute atomic E-state index is 2.43. The molecule has 9 rings (SSSR count). The Bertz CT molecular complexity index is 2560. The van der Waals surface area contributed by atoms with Gasteiger partial charge < -0.3 is 0 Å². The molecule has 9 aromatic rings. The summed E-state index contributed by atoms with van der Waals surface area (Å²) in [5.41, 5.74) is 7.54. The van der Waals surface area contributed by atoms with E-state index in [4.69, 9.17) is 0 Å². The van der Waals surface area contributed by atoms with Crippen molar-refractivity contribution < 1.29 is 0 Å². The van der Waals surface area contributed by atoms with Crippen molar-refractivity contribution in [1.82, 2.24) is 0 Å². The molecule has 0 heteroatoms. The minimum Gasteiger partial charge on any atom is -0.0654 e. The van der Waals surface area contributed by atoms with Crippen LogP contribution in [0.4, 0.5) is 0 Å². The molecule has 0 aliphatic heterocycles. The summed E-state index contributed by atoms with van der Waals surface area (Å²) in [6, 6.07) is 62.4. The van der Waals surface area contributed by atoms with E-state index in [0.29, 0.717) is 0 Å². The third-order valence-corrected chi connectivity index (χ3v) is 9.69. The summed E-state index contributed by atoms with van der Waals surface area (Å²) >= 11 is 0. The van der Waals surface area contributed by atoms with Crippen molar-refractivity contribution >= 4 is 53.9 Å². The van der Waals surface area contributed by atoms with Crippen LogP contribution < -0.4 is 0 Å². The first-order valence-electron chi connectivity index (χ1n) is 17.2. The van der Waals surface area contributed by atoms with Gasteiger partial charge in [0.15, 0.2) is 0 Å². The summed E-state index contributed by atoms with van der Waals surface area (Å²) in [6.07, 6.45) is 2.64. The van der Waals surface area contributed by atoms with Gasteiger partial charge >= 0.3 is 0 Å². The van der Waals surface area contributed by atoms with Crippen molar-refractivity contribution in [3.63, 3.8) is 0 Å². The van der Waals surface area contributed by atoms with Crippen LogP contribution in [0.2, 0.25) is 0 Å². The Balaban J connectivity index is 0.000000799. The Morgan fingerprint density at radius 3 is 1.48 bits per heavy atom. The second-order valence-corrected chi connectivity index (χ2v) is 12.7. The SMILES string of the molecule is CCCC.c1ccc(-c2ccc3c(-c4ccccc4)c4ccccc4c(-c4cc5cc6ccccc6cc5c5ccccc45)c3c2)cc1. The van der Waals surface area contributed by atoms with Gasteiger partial charge in [-0.3, -0.25) is 0 Å². The van der Waals surface area contributed by atoms with Crippen LogP contribution in [0.3, 0.4) is 0 Å². The third-order valence-electron chi connectivity index (χ3n) is 9.69. The number of benzene rings is 9. The summed E-state index contributed by atoms with van der Waals surface area (Å²) in [4.78, 5) is 0. The second-order valence-electron chi connectivity index (χ2n) is 12.7. The Kier molecular flexibility index (Phi) is 7.92. The molecule has 0 N–H and O–H groups in total. The van der Waals surface area contributed by atoms with Crippen molar-refractivity contribution in [3.8, 4) is 33.4 Å². The van der Waals surface area contributed by atoms with Crippen LogP contribution in [-0.2, 0) is 0 Å². The van der Waals surface area contributed by atoms with E-state index < -0.39 is 0 Å². The minimum atomic E-state index is 1.23. The topological polar surface area (TPSA) is 0 Å². The van der Waals surface area contributed by atoms with Crippen molar-refractivity contribution in [3.05, 3.63) is 170 Å². The van der Waals surface area contributed by atoms with Gasteiger partial charge in [-0.25, -0.2) is 0 Å². The molecule has 0 heterocycles. The molecule has 0 aliphatic carbocycles. The van der Waals surface area contributed by atoms with Gasteiger partial charge in [0.05, 0.1) is 0 Å². The van der Waals surface area contributed by atoms with Gasteiger partial charge in [0.2, 0.25) is 0 Å². The molecule has 0 aromatic heterocycles. The predicted molar refractivity (Wildman–Crippen MR) is 211 cm³/mol. The molecule has 0 bridgehead atoms. The van der Waals surface area contributed by atoms with Crippen LogP contribution in [0.1, 0.15) is 26.7 Å². The predicted octanol–water partition coefficient (Wildman–Crippen LogP) is 14.3. The molecular weight excluding hydrogens is 577 g/mol. The van der Waals surface area contributed by atoms with Crippen molar-refractivity contribution in [2.24, 2.45) is 0 Å². The Morgan fingerprint density at radius 1 is 0.292 bits per heavy atom. The standard InChI is InChI=1S/C44H28.C4H10/c1-3-13-29(14-4-1)33-23-24-39-42(27-33)44(38-22-12-11-21-37(38)43(39)30-15-5-2-6-16-30)41-28-34-25-31-17-7-8-18-32(31)26-40(34)35-19-9-10-20-36(35)41;1-3-4-2/h1-28H;3-4H2,1-2H3. The number of hydrogen-bond donors (Lipinski definition) is 0. The highest BCUT2D eigenvalue weighted by Gasteiger charge is 2.20. The van der Waals surface area contributed by atoms with E-state index in [-0.39, 0.29) is 0 Å². The molecule has 0 saturated carbocycles. The summed E-state index contributed by atoms with van der Waals surface area (Å²) in [5.74, 6) is 0. The fourth-order valence-electron chi connectivity index (χ4n) is 7.20. The number of hydrogen-bond acceptors (Lipinski definition) is 0. The molecule has 0 nitrogen and oxygen atoms in total. The van der Waals surface area contributed by atoms with Crippen LogP contribution in [-0.4, -0.2) is 0 Å². The van der Waals surface area contributed by atoms with Gasteiger partial charge in [-0.2, -0.15) is 0 Å². The largest absolute Gasteiger partial charge is 0.0654 e. The number of fused-ring (bicyclic) bond motifs is 6. The summed E-state index contributed by atoms with van der Waals surface area (Å²) < 4.78 is 0. The fourth-order valence-corrected chi connectivity index (χ4v) is 7.20. The third kappa shape index (κ3) is 5.20. The van der Waals surface area contributed by atoms with Crippen LogP contribution in [0.25, 0.3) is 87.2 Å². The summed E-state index contributed by atoms with van der Waals surface area (Å²) in [7, 11) is 0. The van der Waals surface area contributed by atoms with Crippen LogP contribution in [0.5, 0.6) is 0 Å². The number of rotatable bonds is 4. The number of unbranched alkanes of at least 4 members (excludes halogenated alkanes) is 1. The van der Waals surface area contributed by atoms with Crippen LogP contribution >= 0.6 is 0 Å². The van der Waals surface area contributed by atoms with Crippen LogP contribution in [0, 0.1) is 0 Å². The van der Waals surface area contributed by atoms with E-state index in [1.165, 1.54) is 100 Å². The molecule has 9 aromatic carbocycles. The van der Waals surface area contributed by atoms with Crippen LogP contribution in [0.15, 0.2) is 170 Å². The molecule has 0 amide bonds. The molecule has 0 radical (unpaired) electrons. The lowest BCUT2D eigenvalue weighted by Gasteiger charge is -2.20. The smallest absolute Gasteiger partial charge is 0.00197 e. The minimum absolute atomic E-state index is 1.23. The van der Waals surface area contributed by atoms with E-state index in [0.717, 1.165) is 0 Å². The first-order chi connectivity index (χ1) is 23.7. The highest BCUT2D eigenvalue weighted by molar-refractivity contribution is 6.26. The average Bonchev–Trinajstić information content (AvgIpc) is 3.16. The zero-order valence-corrected chi connectivity index (χ0v) is 27.6. The van der Waals surface area contributed by atoms with Gasteiger partial charge in [0, 0.05) is 0 Å². The molecule has 230 valence electrons. The van der Waals surface area contributed by atoms with Gasteiger partial charge in [-0.1, -0.05) is 172 Å². The van der Waals surface area contributed by atoms with E-state index in [1.54, 1.807) is 0 Å². The fraction of sp³-hybridized carbons (Fsp3) is 0.0833. The Morgan fingerprint density at radius 2 is 0.812 bits per heavy atom. The molecular formula is C48H38. The lowest BCUT2D eigenvalue weighted by molar-refractivity contribution is 0.886. The molecule has 0 aliphatic rings. The molecule has 0 unspecified atom stereocenters. The van der Waals surface area contributed by atoms with Gasteiger partial charge in [0.25, 0.3) is 0 Å². The summed E-state index contributed by atoms with van der Waals surface area (Å²) in [5, 5.41) is 12.7. The van der Waals surface area contributed by atoms with E-state index in [1.807, 2.05) is 0 Å². The normalized spacial score (nSPS) is 11.3. The monoisotopic (exact) mass is 614 g/mol.